The Bertz CT molecular complexity index is 191. The van der Waals surface area contributed by atoms with E-state index in [1.807, 2.05) is 0 Å². The molecule has 2 N–H and O–H groups in total. The number of carbonyl (C=O) groups is 1. The zero-order valence-corrected chi connectivity index (χ0v) is 6.35. The fourth-order valence-electron chi connectivity index (χ4n) is 1.38. The normalized spacial score (nSPS) is 31.9. The highest BCUT2D eigenvalue weighted by atomic mass is 19.1. The minimum Gasteiger partial charge on any atom is -0.369 e. The molecule has 0 bridgehead atoms. The number of carbonyl (C=O) groups excluding carboxylic acids is 1. The molecule has 0 spiro atoms. The van der Waals surface area contributed by atoms with Crippen LogP contribution < -0.4 is 5.73 Å². The van der Waals surface area contributed by atoms with Gasteiger partial charge in [-0.2, -0.15) is 0 Å². The number of rotatable bonds is 1. The molecule has 2 atom stereocenters. The smallest absolute Gasteiger partial charge is 0.223 e. The van der Waals surface area contributed by atoms with Crippen LogP contribution >= 0.6 is 0 Å². The fraction of sp³-hybridized carbons (Fsp3) is 0.625. The molecule has 1 aliphatic rings. The van der Waals surface area contributed by atoms with Gasteiger partial charge in [-0.05, 0) is 12.8 Å². The molecule has 2 unspecified atom stereocenters. The fourth-order valence-corrected chi connectivity index (χ4v) is 1.38. The second-order valence-electron chi connectivity index (χ2n) is 3.02. The maximum atomic E-state index is 13.0. The molecule has 11 heavy (non-hydrogen) atoms. The predicted octanol–water partition coefficient (Wildman–Crippen LogP) is 1.17. The van der Waals surface area contributed by atoms with E-state index in [4.69, 9.17) is 5.73 Å². The van der Waals surface area contributed by atoms with Crippen molar-refractivity contribution < 1.29 is 9.18 Å². The van der Waals surface area contributed by atoms with Crippen molar-refractivity contribution in [1.82, 2.24) is 0 Å². The molecule has 0 aromatic heterocycles. The number of hydrogen-bond acceptors (Lipinski definition) is 1. The lowest BCUT2D eigenvalue weighted by atomic mass is 9.84. The second-order valence-corrected chi connectivity index (χ2v) is 3.02. The van der Waals surface area contributed by atoms with Crippen molar-refractivity contribution in [3.63, 3.8) is 0 Å². The molecule has 1 fully saturated rings. The average Bonchev–Trinajstić information content (AvgIpc) is 1.85. The van der Waals surface area contributed by atoms with Crippen LogP contribution in [0.3, 0.4) is 0 Å². The highest BCUT2D eigenvalue weighted by molar-refractivity contribution is 5.77. The first kappa shape index (κ1) is 8.24. The van der Waals surface area contributed by atoms with Crippen molar-refractivity contribution in [2.45, 2.75) is 25.4 Å². The molecule has 1 rings (SSSR count). The first-order chi connectivity index (χ1) is 5.11. The van der Waals surface area contributed by atoms with Gasteiger partial charge in [0.15, 0.2) is 0 Å². The standard InChI is InChI=1S/C8H12FNO/c1-5-2-3-6(8(10)11)7(9)4-5/h6-7H,1-4H2,(H2,10,11). The van der Waals surface area contributed by atoms with E-state index in [0.717, 1.165) is 12.0 Å². The van der Waals surface area contributed by atoms with E-state index in [0.29, 0.717) is 12.8 Å². The van der Waals surface area contributed by atoms with Crippen LogP contribution in [0.1, 0.15) is 19.3 Å². The minimum absolute atomic E-state index is 0.299. The van der Waals surface area contributed by atoms with Crippen molar-refractivity contribution in [3.8, 4) is 0 Å². The Labute approximate surface area is 65.3 Å². The van der Waals surface area contributed by atoms with Gasteiger partial charge in [0.2, 0.25) is 5.91 Å². The Kier molecular flexibility index (Phi) is 2.27. The Morgan fingerprint density at radius 1 is 1.73 bits per heavy atom. The molecule has 1 amide bonds. The van der Waals surface area contributed by atoms with Crippen molar-refractivity contribution in [2.75, 3.05) is 0 Å². The monoisotopic (exact) mass is 157 g/mol. The van der Waals surface area contributed by atoms with Gasteiger partial charge in [0, 0.05) is 6.42 Å². The van der Waals surface area contributed by atoms with Gasteiger partial charge in [-0.25, -0.2) is 4.39 Å². The Hall–Kier alpha value is -0.860. The largest absolute Gasteiger partial charge is 0.369 e. The molecule has 62 valence electrons. The van der Waals surface area contributed by atoms with E-state index in [2.05, 4.69) is 6.58 Å². The van der Waals surface area contributed by atoms with Crippen molar-refractivity contribution in [2.24, 2.45) is 11.7 Å². The summed E-state index contributed by atoms with van der Waals surface area (Å²) >= 11 is 0. The molecule has 0 aromatic carbocycles. The van der Waals surface area contributed by atoms with Crippen LogP contribution in [0.15, 0.2) is 12.2 Å². The van der Waals surface area contributed by atoms with Crippen LogP contribution in [0.2, 0.25) is 0 Å². The summed E-state index contributed by atoms with van der Waals surface area (Å²) in [6, 6.07) is 0. The van der Waals surface area contributed by atoms with Gasteiger partial charge in [0.1, 0.15) is 6.17 Å². The first-order valence-electron chi connectivity index (χ1n) is 3.71. The molecule has 1 aliphatic carbocycles. The number of hydrogen-bond donors (Lipinski definition) is 1. The van der Waals surface area contributed by atoms with Crippen molar-refractivity contribution >= 4 is 5.91 Å². The van der Waals surface area contributed by atoms with Crippen molar-refractivity contribution in [3.05, 3.63) is 12.2 Å². The summed E-state index contributed by atoms with van der Waals surface area (Å²) in [6.45, 7) is 3.67. The quantitative estimate of drug-likeness (QED) is 0.570. The summed E-state index contributed by atoms with van der Waals surface area (Å²) in [5.74, 6) is -1.11. The average molecular weight is 157 g/mol. The maximum Gasteiger partial charge on any atom is 0.223 e. The number of amides is 1. The van der Waals surface area contributed by atoms with Gasteiger partial charge in [0.25, 0.3) is 0 Å². The van der Waals surface area contributed by atoms with Crippen LogP contribution in [0, 0.1) is 5.92 Å². The number of alkyl halides is 1. The van der Waals surface area contributed by atoms with E-state index >= 15 is 0 Å². The summed E-state index contributed by atoms with van der Waals surface area (Å²) in [7, 11) is 0. The molecular weight excluding hydrogens is 145 g/mol. The van der Waals surface area contributed by atoms with Gasteiger partial charge in [-0.3, -0.25) is 4.79 Å². The van der Waals surface area contributed by atoms with Gasteiger partial charge >= 0.3 is 0 Å². The Morgan fingerprint density at radius 2 is 2.36 bits per heavy atom. The lowest BCUT2D eigenvalue weighted by Gasteiger charge is -2.24. The molecule has 1 saturated carbocycles. The molecule has 0 heterocycles. The molecule has 0 radical (unpaired) electrons. The van der Waals surface area contributed by atoms with Gasteiger partial charge < -0.3 is 5.73 Å². The van der Waals surface area contributed by atoms with Crippen LogP contribution in [0.25, 0.3) is 0 Å². The van der Waals surface area contributed by atoms with E-state index in [1.54, 1.807) is 0 Å². The predicted molar refractivity (Wildman–Crippen MR) is 40.6 cm³/mol. The van der Waals surface area contributed by atoms with Crippen LogP contribution in [0.5, 0.6) is 0 Å². The van der Waals surface area contributed by atoms with E-state index in [9.17, 15) is 9.18 Å². The summed E-state index contributed by atoms with van der Waals surface area (Å²) in [5, 5.41) is 0. The van der Waals surface area contributed by atoms with E-state index < -0.39 is 18.0 Å². The lowest BCUT2D eigenvalue weighted by Crippen LogP contribution is -2.33. The SMILES string of the molecule is C=C1CCC(C(N)=O)C(F)C1. The van der Waals surface area contributed by atoms with Gasteiger partial charge in [0.05, 0.1) is 5.92 Å². The van der Waals surface area contributed by atoms with Gasteiger partial charge in [-0.1, -0.05) is 12.2 Å². The molecule has 2 nitrogen and oxygen atoms in total. The lowest BCUT2D eigenvalue weighted by molar-refractivity contribution is -0.124. The number of nitrogens with two attached hydrogens (primary N) is 1. The number of primary amides is 1. The van der Waals surface area contributed by atoms with E-state index in [-0.39, 0.29) is 0 Å². The van der Waals surface area contributed by atoms with Gasteiger partial charge in [-0.15, -0.1) is 0 Å². The molecule has 0 aliphatic heterocycles. The third-order valence-electron chi connectivity index (χ3n) is 2.09. The zero-order chi connectivity index (χ0) is 8.43. The molecule has 0 aromatic rings. The third kappa shape index (κ3) is 1.79. The van der Waals surface area contributed by atoms with Crippen molar-refractivity contribution in [1.29, 1.82) is 0 Å². The molecule has 3 heteroatoms. The van der Waals surface area contributed by atoms with E-state index in [1.165, 1.54) is 0 Å². The summed E-state index contributed by atoms with van der Waals surface area (Å²) in [6.07, 6.45) is 0.450. The topological polar surface area (TPSA) is 43.1 Å². The highest BCUT2D eigenvalue weighted by Gasteiger charge is 2.30. The second kappa shape index (κ2) is 3.03. The zero-order valence-electron chi connectivity index (χ0n) is 6.35. The third-order valence-corrected chi connectivity index (χ3v) is 2.09. The number of halogens is 1. The summed E-state index contributed by atoms with van der Waals surface area (Å²) < 4.78 is 13.0. The Morgan fingerprint density at radius 3 is 2.82 bits per heavy atom. The number of allylic oxidation sites excluding steroid dienone is 1. The van der Waals surface area contributed by atoms with Crippen LogP contribution in [0.4, 0.5) is 4.39 Å². The first-order valence-corrected chi connectivity index (χ1v) is 3.71. The van der Waals surface area contributed by atoms with Crippen LogP contribution in [-0.2, 0) is 4.79 Å². The maximum absolute atomic E-state index is 13.0. The summed E-state index contributed by atoms with van der Waals surface area (Å²) in [5.41, 5.74) is 5.88. The van der Waals surface area contributed by atoms with Crippen LogP contribution in [-0.4, -0.2) is 12.1 Å². The Balaban J connectivity index is 2.57. The minimum atomic E-state index is -1.10. The highest BCUT2D eigenvalue weighted by Crippen LogP contribution is 2.29. The summed E-state index contributed by atoms with van der Waals surface area (Å²) in [4.78, 5) is 10.6. The molecule has 0 saturated heterocycles. The molecular formula is C8H12FNO.